The van der Waals surface area contributed by atoms with E-state index in [9.17, 15) is 5.11 Å². The van der Waals surface area contributed by atoms with Gasteiger partial charge in [-0.2, -0.15) is 0 Å². The number of ether oxygens (including phenoxy) is 2. The SMILES string of the molecule is COCCOc1cnc(N)nc1-c1c[nH]c2ccc(C3(O)CCCC3)cc12. The average molecular weight is 368 g/mol. The first-order valence-electron chi connectivity index (χ1n) is 9.19. The van der Waals surface area contributed by atoms with Crippen molar-refractivity contribution < 1.29 is 14.6 Å². The number of fused-ring (bicyclic) bond motifs is 1. The van der Waals surface area contributed by atoms with Gasteiger partial charge < -0.3 is 25.3 Å². The number of nitrogens with one attached hydrogen (secondary N) is 1. The normalized spacial score (nSPS) is 16.1. The predicted molar refractivity (Wildman–Crippen MR) is 103 cm³/mol. The second kappa shape index (κ2) is 7.17. The minimum Gasteiger partial charge on any atom is -0.487 e. The van der Waals surface area contributed by atoms with Crippen LogP contribution in [0.1, 0.15) is 31.2 Å². The van der Waals surface area contributed by atoms with Crippen LogP contribution in [-0.2, 0) is 10.3 Å². The molecule has 142 valence electrons. The maximum Gasteiger partial charge on any atom is 0.220 e. The van der Waals surface area contributed by atoms with Gasteiger partial charge in [-0.3, -0.25) is 0 Å². The molecule has 4 N–H and O–H groups in total. The van der Waals surface area contributed by atoms with E-state index in [0.717, 1.165) is 47.7 Å². The van der Waals surface area contributed by atoms with E-state index in [1.807, 2.05) is 24.4 Å². The standard InChI is InChI=1S/C20H24N4O3/c1-26-8-9-27-17-12-23-19(21)24-18(17)15-11-22-16-5-4-13(10-14(15)16)20(25)6-2-3-7-20/h4-5,10-12,22,25H,2-3,6-9H2,1H3,(H2,21,23,24). The van der Waals surface area contributed by atoms with E-state index in [-0.39, 0.29) is 5.95 Å². The number of nitrogen functional groups attached to an aromatic ring is 1. The average Bonchev–Trinajstić information content (AvgIpc) is 3.29. The number of rotatable bonds is 6. The van der Waals surface area contributed by atoms with Gasteiger partial charge in [0.05, 0.1) is 18.4 Å². The number of hydrogen-bond acceptors (Lipinski definition) is 6. The molecular weight excluding hydrogens is 344 g/mol. The Morgan fingerprint density at radius 2 is 2.07 bits per heavy atom. The van der Waals surface area contributed by atoms with Gasteiger partial charge >= 0.3 is 0 Å². The summed E-state index contributed by atoms with van der Waals surface area (Å²) in [7, 11) is 1.62. The van der Waals surface area contributed by atoms with Crippen molar-refractivity contribution in [1.29, 1.82) is 0 Å². The van der Waals surface area contributed by atoms with E-state index in [0.29, 0.717) is 24.7 Å². The zero-order chi connectivity index (χ0) is 18.9. The fourth-order valence-corrected chi connectivity index (χ4v) is 3.77. The Kier molecular flexibility index (Phi) is 4.72. The van der Waals surface area contributed by atoms with Gasteiger partial charge in [-0.25, -0.2) is 9.97 Å². The number of nitrogens with two attached hydrogens (primary N) is 1. The molecule has 3 aromatic rings. The first-order valence-corrected chi connectivity index (χ1v) is 9.19. The molecule has 1 aliphatic rings. The molecule has 1 aliphatic carbocycles. The summed E-state index contributed by atoms with van der Waals surface area (Å²) >= 11 is 0. The molecule has 1 aromatic carbocycles. The molecule has 0 aliphatic heterocycles. The number of methoxy groups -OCH3 is 1. The Bertz CT molecular complexity index is 948. The van der Waals surface area contributed by atoms with Crippen LogP contribution in [0.15, 0.2) is 30.6 Å². The van der Waals surface area contributed by atoms with Crippen LogP contribution < -0.4 is 10.5 Å². The van der Waals surface area contributed by atoms with Crippen molar-refractivity contribution in [3.63, 3.8) is 0 Å². The maximum atomic E-state index is 11.0. The van der Waals surface area contributed by atoms with Gasteiger partial charge in [0.15, 0.2) is 5.75 Å². The van der Waals surface area contributed by atoms with Gasteiger partial charge in [0.25, 0.3) is 0 Å². The molecule has 7 heteroatoms. The topological polar surface area (TPSA) is 106 Å². The Morgan fingerprint density at radius 1 is 1.26 bits per heavy atom. The second-order valence-corrected chi connectivity index (χ2v) is 6.98. The molecule has 27 heavy (non-hydrogen) atoms. The highest BCUT2D eigenvalue weighted by Gasteiger charge is 2.33. The van der Waals surface area contributed by atoms with Crippen LogP contribution in [0.25, 0.3) is 22.2 Å². The molecule has 2 heterocycles. The van der Waals surface area contributed by atoms with E-state index in [1.54, 1.807) is 13.3 Å². The Morgan fingerprint density at radius 3 is 2.85 bits per heavy atom. The molecule has 1 fully saturated rings. The molecule has 0 radical (unpaired) electrons. The Balaban J connectivity index is 1.78. The third-order valence-corrected chi connectivity index (χ3v) is 5.22. The van der Waals surface area contributed by atoms with Crippen LogP contribution in [0, 0.1) is 0 Å². The van der Waals surface area contributed by atoms with Crippen molar-refractivity contribution >= 4 is 16.9 Å². The van der Waals surface area contributed by atoms with E-state index in [4.69, 9.17) is 15.2 Å². The second-order valence-electron chi connectivity index (χ2n) is 6.98. The van der Waals surface area contributed by atoms with Gasteiger partial charge in [-0.05, 0) is 30.5 Å². The number of aliphatic hydroxyl groups is 1. The summed E-state index contributed by atoms with van der Waals surface area (Å²) in [5.74, 6) is 0.733. The largest absolute Gasteiger partial charge is 0.487 e. The van der Waals surface area contributed by atoms with Gasteiger partial charge in [0.1, 0.15) is 12.3 Å². The van der Waals surface area contributed by atoms with E-state index in [2.05, 4.69) is 15.0 Å². The summed E-state index contributed by atoms with van der Waals surface area (Å²) in [5.41, 5.74) is 8.49. The van der Waals surface area contributed by atoms with Crippen molar-refractivity contribution in [2.45, 2.75) is 31.3 Å². The molecule has 2 aromatic heterocycles. The van der Waals surface area contributed by atoms with Crippen LogP contribution in [0.2, 0.25) is 0 Å². The number of hydrogen-bond donors (Lipinski definition) is 3. The lowest BCUT2D eigenvalue weighted by Crippen LogP contribution is -2.20. The van der Waals surface area contributed by atoms with Crippen LogP contribution >= 0.6 is 0 Å². The van der Waals surface area contributed by atoms with Crippen LogP contribution in [0.4, 0.5) is 5.95 Å². The maximum absolute atomic E-state index is 11.0. The van der Waals surface area contributed by atoms with Crippen molar-refractivity contribution in [1.82, 2.24) is 15.0 Å². The summed E-state index contributed by atoms with van der Waals surface area (Å²) in [6.07, 6.45) is 7.16. The molecule has 1 saturated carbocycles. The number of aromatic nitrogens is 3. The van der Waals surface area contributed by atoms with Crippen molar-refractivity contribution in [3.8, 4) is 17.0 Å². The van der Waals surface area contributed by atoms with Crippen molar-refractivity contribution in [2.75, 3.05) is 26.1 Å². The predicted octanol–water partition coefficient (Wildman–Crippen LogP) is 2.99. The lowest BCUT2D eigenvalue weighted by atomic mass is 9.91. The molecular formula is C20H24N4O3. The third kappa shape index (κ3) is 3.36. The number of benzene rings is 1. The third-order valence-electron chi connectivity index (χ3n) is 5.22. The monoisotopic (exact) mass is 368 g/mol. The first-order chi connectivity index (χ1) is 13.1. The zero-order valence-electron chi connectivity index (χ0n) is 15.4. The lowest BCUT2D eigenvalue weighted by molar-refractivity contribution is 0.0446. The number of H-pyrrole nitrogens is 1. The van der Waals surface area contributed by atoms with E-state index in [1.165, 1.54) is 0 Å². The van der Waals surface area contributed by atoms with Gasteiger partial charge in [0, 0.05) is 29.8 Å². The molecule has 0 unspecified atom stereocenters. The highest BCUT2D eigenvalue weighted by atomic mass is 16.5. The molecule has 0 bridgehead atoms. The quantitative estimate of drug-likeness (QED) is 0.578. The van der Waals surface area contributed by atoms with Crippen molar-refractivity contribution in [2.24, 2.45) is 0 Å². The van der Waals surface area contributed by atoms with Gasteiger partial charge in [-0.15, -0.1) is 0 Å². The molecule has 0 spiro atoms. The summed E-state index contributed by atoms with van der Waals surface area (Å²) in [5, 5.41) is 11.9. The number of anilines is 1. The fourth-order valence-electron chi connectivity index (χ4n) is 3.77. The van der Waals surface area contributed by atoms with Crippen LogP contribution in [0.5, 0.6) is 5.75 Å². The molecule has 0 atom stereocenters. The lowest BCUT2D eigenvalue weighted by Gasteiger charge is -2.22. The number of aromatic amines is 1. The smallest absolute Gasteiger partial charge is 0.220 e. The molecule has 0 amide bonds. The van der Waals surface area contributed by atoms with Gasteiger partial charge in [-0.1, -0.05) is 18.9 Å². The Hall–Kier alpha value is -2.64. The van der Waals surface area contributed by atoms with Gasteiger partial charge in [0.2, 0.25) is 5.95 Å². The zero-order valence-corrected chi connectivity index (χ0v) is 15.4. The fraction of sp³-hybridized carbons (Fsp3) is 0.400. The molecule has 7 nitrogen and oxygen atoms in total. The summed E-state index contributed by atoms with van der Waals surface area (Å²) in [6.45, 7) is 0.860. The minimum atomic E-state index is -0.745. The van der Waals surface area contributed by atoms with Crippen LogP contribution in [0.3, 0.4) is 0 Å². The molecule has 0 saturated heterocycles. The summed E-state index contributed by atoms with van der Waals surface area (Å²) in [6, 6.07) is 6.04. The Labute approximate surface area is 157 Å². The summed E-state index contributed by atoms with van der Waals surface area (Å²) in [4.78, 5) is 11.7. The van der Waals surface area contributed by atoms with E-state index >= 15 is 0 Å². The highest BCUT2D eigenvalue weighted by molar-refractivity contribution is 5.96. The minimum absolute atomic E-state index is 0.184. The summed E-state index contributed by atoms with van der Waals surface area (Å²) < 4.78 is 10.8. The number of nitrogens with zero attached hydrogens (tertiary/aromatic N) is 2. The van der Waals surface area contributed by atoms with Crippen LogP contribution in [-0.4, -0.2) is 40.4 Å². The molecule has 4 rings (SSSR count). The first kappa shape index (κ1) is 17.8. The van der Waals surface area contributed by atoms with Crippen molar-refractivity contribution in [3.05, 3.63) is 36.2 Å². The van der Waals surface area contributed by atoms with E-state index < -0.39 is 5.60 Å². The highest BCUT2D eigenvalue weighted by Crippen LogP contribution is 2.41.